The van der Waals surface area contributed by atoms with Crippen molar-refractivity contribution in [2.75, 3.05) is 6.54 Å². The first-order valence-electron chi connectivity index (χ1n) is 7.79. The van der Waals surface area contributed by atoms with Crippen LogP contribution in [-0.2, 0) is 6.54 Å². The van der Waals surface area contributed by atoms with Crippen LogP contribution in [0.4, 0.5) is 8.78 Å². The number of aromatic nitrogens is 2. The number of aliphatic hydroxyl groups excluding tert-OH is 1. The van der Waals surface area contributed by atoms with Crippen molar-refractivity contribution < 1.29 is 18.4 Å². The lowest BCUT2D eigenvalue weighted by molar-refractivity contribution is 0.164. The van der Waals surface area contributed by atoms with E-state index in [0.29, 0.717) is 37.1 Å². The molecule has 0 spiro atoms. The molecular formula is C16H17F2N3O2. The highest BCUT2D eigenvalue weighted by molar-refractivity contribution is 5.24. The molecule has 2 aromatic rings. The van der Waals surface area contributed by atoms with Crippen molar-refractivity contribution in [1.29, 1.82) is 0 Å². The van der Waals surface area contributed by atoms with Gasteiger partial charge in [-0.25, -0.2) is 8.78 Å². The molecule has 23 heavy (non-hydrogen) atoms. The minimum Gasteiger partial charge on any atom is -0.392 e. The molecule has 1 saturated heterocycles. The third-order valence-corrected chi connectivity index (χ3v) is 4.46. The highest BCUT2D eigenvalue weighted by atomic mass is 19.1. The van der Waals surface area contributed by atoms with Crippen LogP contribution in [0.5, 0.6) is 0 Å². The number of rotatable bonds is 4. The third kappa shape index (κ3) is 2.98. The zero-order valence-electron chi connectivity index (χ0n) is 12.5. The lowest BCUT2D eigenvalue weighted by atomic mass is 10.0. The van der Waals surface area contributed by atoms with Gasteiger partial charge in [-0.1, -0.05) is 5.16 Å². The van der Waals surface area contributed by atoms with Gasteiger partial charge in [-0.05, 0) is 37.5 Å². The minimum atomic E-state index is -0.589. The van der Waals surface area contributed by atoms with Crippen molar-refractivity contribution in [3.8, 4) is 0 Å². The number of benzene rings is 1. The van der Waals surface area contributed by atoms with E-state index in [9.17, 15) is 13.9 Å². The van der Waals surface area contributed by atoms with Crippen LogP contribution in [0.1, 0.15) is 48.5 Å². The SMILES string of the molecule is O[C@@H]1C[C@@H](c2cc(F)ccc2F)N(Cc2nc(C3CC3)no2)C1. The quantitative estimate of drug-likeness (QED) is 0.937. The Morgan fingerprint density at radius 1 is 1.30 bits per heavy atom. The molecule has 0 unspecified atom stereocenters. The summed E-state index contributed by atoms with van der Waals surface area (Å²) in [5, 5.41) is 13.9. The number of β-amino-alcohol motifs (C(OH)–C–C–N with tert-alkyl or cyclic N) is 1. The summed E-state index contributed by atoms with van der Waals surface area (Å²) in [4.78, 5) is 6.21. The van der Waals surface area contributed by atoms with Crippen LogP contribution in [0.3, 0.4) is 0 Å². The average molecular weight is 321 g/mol. The number of likely N-dealkylation sites (tertiary alicyclic amines) is 1. The summed E-state index contributed by atoms with van der Waals surface area (Å²) in [6, 6.07) is 2.99. The van der Waals surface area contributed by atoms with E-state index in [-0.39, 0.29) is 5.56 Å². The highest BCUT2D eigenvalue weighted by Crippen LogP contribution is 2.39. The molecule has 0 amide bonds. The van der Waals surface area contributed by atoms with Crippen LogP contribution in [0.25, 0.3) is 0 Å². The van der Waals surface area contributed by atoms with Crippen molar-refractivity contribution in [3.05, 3.63) is 47.1 Å². The van der Waals surface area contributed by atoms with Gasteiger partial charge in [0, 0.05) is 24.1 Å². The molecule has 1 aromatic heterocycles. The van der Waals surface area contributed by atoms with Gasteiger partial charge in [0.1, 0.15) is 11.6 Å². The van der Waals surface area contributed by atoms with E-state index in [1.807, 2.05) is 4.90 Å². The Morgan fingerprint density at radius 3 is 2.91 bits per heavy atom. The normalized spacial score (nSPS) is 25.2. The van der Waals surface area contributed by atoms with Gasteiger partial charge in [0.2, 0.25) is 5.89 Å². The van der Waals surface area contributed by atoms with Gasteiger partial charge >= 0.3 is 0 Å². The summed E-state index contributed by atoms with van der Waals surface area (Å²) in [6.07, 6.45) is 1.93. The smallest absolute Gasteiger partial charge is 0.240 e. The number of halogens is 2. The van der Waals surface area contributed by atoms with Crippen molar-refractivity contribution >= 4 is 0 Å². The van der Waals surface area contributed by atoms with Crippen molar-refractivity contribution in [3.63, 3.8) is 0 Å². The fraction of sp³-hybridized carbons (Fsp3) is 0.500. The number of aliphatic hydroxyl groups is 1. The molecule has 2 aliphatic rings. The highest BCUT2D eigenvalue weighted by Gasteiger charge is 2.35. The summed E-state index contributed by atoms with van der Waals surface area (Å²) in [6.45, 7) is 0.680. The first kappa shape index (κ1) is 14.7. The fourth-order valence-corrected chi connectivity index (χ4v) is 3.16. The van der Waals surface area contributed by atoms with Gasteiger partial charge < -0.3 is 9.63 Å². The molecule has 4 rings (SSSR count). The molecule has 0 bridgehead atoms. The summed E-state index contributed by atoms with van der Waals surface area (Å²) < 4.78 is 32.8. The van der Waals surface area contributed by atoms with E-state index in [2.05, 4.69) is 10.1 Å². The fourth-order valence-electron chi connectivity index (χ4n) is 3.16. The molecule has 2 fully saturated rings. The minimum absolute atomic E-state index is 0.253. The molecule has 1 saturated carbocycles. The van der Waals surface area contributed by atoms with Gasteiger partial charge in [-0.15, -0.1) is 0 Å². The lowest BCUT2D eigenvalue weighted by Gasteiger charge is -2.23. The van der Waals surface area contributed by atoms with E-state index in [1.165, 1.54) is 6.07 Å². The second-order valence-electron chi connectivity index (χ2n) is 6.32. The van der Waals surface area contributed by atoms with Gasteiger partial charge in [0.05, 0.1) is 12.6 Å². The molecule has 1 aliphatic heterocycles. The topological polar surface area (TPSA) is 62.4 Å². The molecule has 1 aromatic carbocycles. The van der Waals surface area contributed by atoms with Crippen LogP contribution in [-0.4, -0.2) is 32.8 Å². The number of nitrogens with zero attached hydrogens (tertiary/aromatic N) is 3. The Balaban J connectivity index is 1.56. The zero-order valence-corrected chi connectivity index (χ0v) is 12.5. The van der Waals surface area contributed by atoms with Crippen LogP contribution >= 0.6 is 0 Å². The predicted octanol–water partition coefficient (Wildman–Crippen LogP) is 2.53. The maximum atomic E-state index is 14.1. The Morgan fingerprint density at radius 2 is 2.13 bits per heavy atom. The molecule has 1 N–H and O–H groups in total. The number of hydrogen-bond acceptors (Lipinski definition) is 5. The molecule has 5 nitrogen and oxygen atoms in total. The molecule has 2 heterocycles. The molecule has 2 atom stereocenters. The van der Waals surface area contributed by atoms with E-state index < -0.39 is 23.8 Å². The molecular weight excluding hydrogens is 304 g/mol. The van der Waals surface area contributed by atoms with E-state index in [1.54, 1.807) is 0 Å². The largest absolute Gasteiger partial charge is 0.392 e. The lowest BCUT2D eigenvalue weighted by Crippen LogP contribution is -2.25. The third-order valence-electron chi connectivity index (χ3n) is 4.46. The number of hydrogen-bond donors (Lipinski definition) is 1. The van der Waals surface area contributed by atoms with Gasteiger partial charge in [-0.3, -0.25) is 4.90 Å². The Hall–Kier alpha value is -1.86. The van der Waals surface area contributed by atoms with Crippen LogP contribution < -0.4 is 0 Å². The summed E-state index contributed by atoms with van der Waals surface area (Å²) >= 11 is 0. The monoisotopic (exact) mass is 321 g/mol. The standard InChI is InChI=1S/C16H17F2N3O2/c17-10-3-4-13(18)12(5-10)14-6-11(22)7-21(14)8-15-19-16(20-23-15)9-1-2-9/h3-5,9,11,14,22H,1-2,6-8H2/t11-,14+/m1/s1. The first-order valence-corrected chi connectivity index (χ1v) is 7.79. The van der Waals surface area contributed by atoms with Gasteiger partial charge in [0.15, 0.2) is 5.82 Å². The van der Waals surface area contributed by atoms with E-state index in [0.717, 1.165) is 25.0 Å². The predicted molar refractivity (Wildman–Crippen MR) is 76.4 cm³/mol. The van der Waals surface area contributed by atoms with Crippen molar-refractivity contribution in [2.45, 2.75) is 43.9 Å². The van der Waals surface area contributed by atoms with Crippen molar-refractivity contribution in [2.24, 2.45) is 0 Å². The summed E-state index contributed by atoms with van der Waals surface area (Å²) in [5.41, 5.74) is 0.253. The van der Waals surface area contributed by atoms with Gasteiger partial charge in [-0.2, -0.15) is 4.98 Å². The summed E-state index contributed by atoms with van der Waals surface area (Å²) in [5.74, 6) is 0.598. The maximum absolute atomic E-state index is 14.1. The van der Waals surface area contributed by atoms with Gasteiger partial charge in [0.25, 0.3) is 0 Å². The molecule has 122 valence electrons. The van der Waals surface area contributed by atoms with Crippen LogP contribution in [0.15, 0.2) is 22.7 Å². The first-order chi connectivity index (χ1) is 11.1. The second kappa shape index (κ2) is 5.65. The Labute approximate surface area is 131 Å². The second-order valence-corrected chi connectivity index (χ2v) is 6.32. The Bertz CT molecular complexity index is 717. The zero-order chi connectivity index (χ0) is 16.0. The molecule has 1 aliphatic carbocycles. The maximum Gasteiger partial charge on any atom is 0.240 e. The summed E-state index contributed by atoms with van der Waals surface area (Å²) in [7, 11) is 0. The van der Waals surface area contributed by atoms with E-state index >= 15 is 0 Å². The van der Waals surface area contributed by atoms with Crippen LogP contribution in [0, 0.1) is 11.6 Å². The van der Waals surface area contributed by atoms with Crippen molar-refractivity contribution in [1.82, 2.24) is 15.0 Å². The van der Waals surface area contributed by atoms with E-state index in [4.69, 9.17) is 4.52 Å². The van der Waals surface area contributed by atoms with Crippen LogP contribution in [0.2, 0.25) is 0 Å². The Kier molecular flexibility index (Phi) is 3.61. The average Bonchev–Trinajstić information content (AvgIpc) is 3.16. The molecule has 7 heteroatoms. The molecule has 0 radical (unpaired) electrons.